The molecule has 0 heterocycles. The number of fused-ring (bicyclic) bond motifs is 3. The van der Waals surface area contributed by atoms with Crippen molar-refractivity contribution < 1.29 is 26.5 Å². The van der Waals surface area contributed by atoms with Gasteiger partial charge in [0.2, 0.25) is 0 Å². The summed E-state index contributed by atoms with van der Waals surface area (Å²) in [6.45, 7) is 20.4. The van der Waals surface area contributed by atoms with Gasteiger partial charge in [0.05, 0.1) is 12.9 Å². The molecule has 0 amide bonds. The SMILES string of the molecule is CC1=CC(C(C)(C)C)=CC1.COc1cc[c-](-c2ccccc2)c2cc3cc(Cl)ccc3c1-2.[CH2-]CCC.[CH2-]CCC.[Ti+3]. The summed E-state index contributed by atoms with van der Waals surface area (Å²) >= 11 is 6.15. The van der Waals surface area contributed by atoms with Crippen LogP contribution in [0.2, 0.25) is 5.02 Å². The molecule has 0 fully saturated rings. The Labute approximate surface area is 270 Å². The van der Waals surface area contributed by atoms with Gasteiger partial charge < -0.3 is 18.6 Å². The van der Waals surface area contributed by atoms with Crippen LogP contribution in [0, 0.1) is 19.3 Å². The van der Waals surface area contributed by atoms with Gasteiger partial charge in [-0.05, 0) is 52.8 Å². The number of unbranched alkanes of at least 4 members (excludes halogenated alkanes) is 2. The smallest absolute Gasteiger partial charge is 0.509 e. The molecule has 3 heteroatoms. The van der Waals surface area contributed by atoms with Gasteiger partial charge in [0.25, 0.3) is 0 Å². The van der Waals surface area contributed by atoms with E-state index in [0.29, 0.717) is 5.41 Å². The Morgan fingerprint density at radius 2 is 1.54 bits per heavy atom. The molecule has 0 spiro atoms. The fourth-order valence-electron chi connectivity index (χ4n) is 4.28. The molecule has 0 unspecified atom stereocenters. The van der Waals surface area contributed by atoms with Crippen LogP contribution in [0.5, 0.6) is 5.75 Å². The Balaban J connectivity index is 0.000000369. The van der Waals surface area contributed by atoms with Gasteiger partial charge in [0.1, 0.15) is 0 Å². The average molecular weight is 604 g/mol. The molecule has 0 aliphatic heterocycles. The minimum Gasteiger partial charge on any atom is -0.509 e. The second-order valence-corrected chi connectivity index (χ2v) is 11.6. The zero-order chi connectivity index (χ0) is 29.7. The zero-order valence-corrected chi connectivity index (χ0v) is 28.6. The fourth-order valence-corrected chi connectivity index (χ4v) is 4.46. The molecule has 5 rings (SSSR count). The van der Waals surface area contributed by atoms with Crippen molar-refractivity contribution in [1.29, 1.82) is 0 Å². The quantitative estimate of drug-likeness (QED) is 0.166. The largest absolute Gasteiger partial charge is 3.00 e. The van der Waals surface area contributed by atoms with Crippen molar-refractivity contribution in [2.45, 2.75) is 73.6 Å². The van der Waals surface area contributed by atoms with Crippen molar-refractivity contribution in [1.82, 2.24) is 0 Å². The number of allylic oxidation sites excluding steroid dienone is 4. The number of hydrogen-bond donors (Lipinski definition) is 0. The molecule has 1 nitrogen and oxygen atoms in total. The van der Waals surface area contributed by atoms with Gasteiger partial charge in [-0.25, -0.2) is 0 Å². The number of ether oxygens (including phenoxy) is 1. The molecule has 217 valence electrons. The van der Waals surface area contributed by atoms with E-state index in [1.165, 1.54) is 46.1 Å². The minimum absolute atomic E-state index is 0. The summed E-state index contributed by atoms with van der Waals surface area (Å²) in [5, 5.41) is 3.07. The summed E-state index contributed by atoms with van der Waals surface area (Å²) in [4.78, 5) is 0. The van der Waals surface area contributed by atoms with Crippen LogP contribution in [0.25, 0.3) is 33.0 Å². The van der Waals surface area contributed by atoms with Crippen LogP contribution in [0.1, 0.15) is 73.6 Å². The minimum atomic E-state index is 0. The molecule has 41 heavy (non-hydrogen) atoms. The molecule has 2 aromatic rings. The molecular formula is C38H48ClOTi. The van der Waals surface area contributed by atoms with E-state index in [-0.39, 0.29) is 21.7 Å². The van der Waals surface area contributed by atoms with Crippen LogP contribution in [-0.2, 0) is 21.7 Å². The van der Waals surface area contributed by atoms with Crippen molar-refractivity contribution >= 4 is 22.4 Å². The maximum atomic E-state index is 6.15. The summed E-state index contributed by atoms with van der Waals surface area (Å²) in [6.07, 6.45) is 10.3. The maximum Gasteiger partial charge on any atom is 3.00 e. The number of halogens is 1. The molecular weight excluding hydrogens is 556 g/mol. The van der Waals surface area contributed by atoms with Crippen LogP contribution in [0.3, 0.4) is 0 Å². The zero-order valence-electron chi connectivity index (χ0n) is 26.2. The molecule has 1 radical (unpaired) electrons. The van der Waals surface area contributed by atoms with Gasteiger partial charge in [-0.2, -0.15) is 12.8 Å². The summed E-state index contributed by atoms with van der Waals surface area (Å²) in [7, 11) is 1.71. The van der Waals surface area contributed by atoms with Gasteiger partial charge in [-0.15, -0.1) is 23.8 Å². The summed E-state index contributed by atoms with van der Waals surface area (Å²) in [5.41, 5.74) is 8.09. The van der Waals surface area contributed by atoms with Crippen molar-refractivity contribution in [2.75, 3.05) is 7.11 Å². The standard InChI is InChI=1S/C20H14ClO.C10H16.2C4H9.Ti/c1-22-19-10-9-16(13-5-3-2-4-6-13)18-12-14-11-15(21)7-8-17(14)20(18)19;1-8-5-6-9(7-8)10(2,3)4;2*1-3-4-2;/h2-12H,1H3;6-7H,5H2,1-4H3;2*1,3-4H2,2H3;/q-1;;2*-1;+3. The summed E-state index contributed by atoms with van der Waals surface area (Å²) in [6, 6.07) is 22.8. The van der Waals surface area contributed by atoms with E-state index >= 15 is 0 Å². The third-order valence-corrected chi connectivity index (χ3v) is 6.95. The Kier molecular flexibility index (Phi) is 16.5. The second kappa shape index (κ2) is 18.4. The van der Waals surface area contributed by atoms with E-state index < -0.39 is 0 Å². The molecule has 0 bridgehead atoms. The first kappa shape index (κ1) is 36.8. The van der Waals surface area contributed by atoms with Crippen molar-refractivity contribution in [3.05, 3.63) is 109 Å². The van der Waals surface area contributed by atoms with Crippen molar-refractivity contribution in [2.24, 2.45) is 5.41 Å². The molecule has 0 atom stereocenters. The molecule has 0 N–H and O–H groups in total. The van der Waals surface area contributed by atoms with Crippen LogP contribution >= 0.6 is 11.6 Å². The Morgan fingerprint density at radius 1 is 0.927 bits per heavy atom. The molecule has 0 saturated heterocycles. The van der Waals surface area contributed by atoms with Crippen LogP contribution in [0.4, 0.5) is 0 Å². The van der Waals surface area contributed by atoms with Crippen molar-refractivity contribution in [3.63, 3.8) is 0 Å². The number of hydrogen-bond acceptors (Lipinski definition) is 1. The van der Waals surface area contributed by atoms with Gasteiger partial charge in [0.15, 0.2) is 0 Å². The first-order valence-corrected chi connectivity index (χ1v) is 14.9. The Bertz CT molecular complexity index is 1330. The topological polar surface area (TPSA) is 9.23 Å². The number of rotatable bonds is 4. The first-order valence-electron chi connectivity index (χ1n) is 14.5. The Morgan fingerprint density at radius 3 is 2.00 bits per heavy atom. The van der Waals surface area contributed by atoms with Gasteiger partial charge in [-0.1, -0.05) is 124 Å². The van der Waals surface area contributed by atoms with E-state index in [2.05, 4.69) is 110 Å². The normalized spacial score (nSPS) is 12.0. The third kappa shape index (κ3) is 10.9. The van der Waals surface area contributed by atoms with Gasteiger partial charge in [-0.3, -0.25) is 0 Å². The molecule has 0 saturated carbocycles. The number of methoxy groups -OCH3 is 1. The Hall–Kier alpha value is -2.19. The molecule has 0 aromatic heterocycles. The molecule has 3 aliphatic carbocycles. The first-order chi connectivity index (χ1) is 19.1. The van der Waals surface area contributed by atoms with E-state index in [1.807, 2.05) is 24.3 Å². The van der Waals surface area contributed by atoms with E-state index in [0.717, 1.165) is 41.0 Å². The van der Waals surface area contributed by atoms with Crippen molar-refractivity contribution in [3.8, 4) is 28.0 Å². The van der Waals surface area contributed by atoms with Crippen LogP contribution < -0.4 is 4.74 Å². The van der Waals surface area contributed by atoms with E-state index in [4.69, 9.17) is 16.3 Å². The summed E-state index contributed by atoms with van der Waals surface area (Å²) < 4.78 is 5.58. The maximum absolute atomic E-state index is 6.15. The van der Waals surface area contributed by atoms with E-state index in [1.54, 1.807) is 7.11 Å². The summed E-state index contributed by atoms with van der Waals surface area (Å²) in [5.74, 6) is 0.895. The second-order valence-electron chi connectivity index (χ2n) is 11.2. The monoisotopic (exact) mass is 603 g/mol. The van der Waals surface area contributed by atoms with Gasteiger partial charge >= 0.3 is 21.7 Å². The molecule has 3 aliphatic rings. The predicted molar refractivity (Wildman–Crippen MR) is 180 cm³/mol. The average Bonchev–Trinajstić information content (AvgIpc) is 3.57. The van der Waals surface area contributed by atoms with E-state index in [9.17, 15) is 0 Å². The number of benzene rings is 3. The predicted octanol–water partition coefficient (Wildman–Crippen LogP) is 12.5. The van der Waals surface area contributed by atoms with Crippen LogP contribution in [0.15, 0.2) is 90.0 Å². The van der Waals surface area contributed by atoms with Crippen LogP contribution in [-0.4, -0.2) is 7.11 Å². The fraction of sp³-hybridized carbons (Fsp3) is 0.342. The third-order valence-electron chi connectivity index (χ3n) is 6.71. The van der Waals surface area contributed by atoms with Gasteiger partial charge in [0, 0.05) is 5.02 Å². The molecule has 2 aromatic carbocycles.